The fourth-order valence-electron chi connectivity index (χ4n) is 2.92. The minimum atomic E-state index is -0.157. The number of nitrogens with zero attached hydrogens (tertiary/aromatic N) is 1. The molecule has 0 atom stereocenters. The van der Waals surface area contributed by atoms with E-state index in [1.807, 2.05) is 29.2 Å². The molecule has 0 saturated carbocycles. The fraction of sp³-hybridized carbons (Fsp3) is 0.579. The van der Waals surface area contributed by atoms with Crippen molar-refractivity contribution >= 4 is 11.9 Å². The molecule has 138 valence electrons. The second-order valence-corrected chi connectivity index (χ2v) is 6.33. The maximum atomic E-state index is 11.9. The highest BCUT2D eigenvalue weighted by molar-refractivity contribution is 5.76. The number of benzene rings is 1. The summed E-state index contributed by atoms with van der Waals surface area (Å²) in [5.74, 6) is 1.08. The normalized spacial score (nSPS) is 14.8. The number of carbonyl (C=O) groups is 2. The Morgan fingerprint density at radius 3 is 2.64 bits per heavy atom. The Bertz CT molecular complexity index is 545. The van der Waals surface area contributed by atoms with Gasteiger partial charge in [-0.2, -0.15) is 0 Å². The third kappa shape index (κ3) is 7.03. The number of amides is 3. The van der Waals surface area contributed by atoms with Crippen LogP contribution in [0.1, 0.15) is 37.7 Å². The van der Waals surface area contributed by atoms with Gasteiger partial charge in [-0.1, -0.05) is 18.6 Å². The molecule has 1 aliphatic rings. The minimum Gasteiger partial charge on any atom is -0.497 e. The Kier molecular flexibility index (Phi) is 8.09. The lowest BCUT2D eigenvalue weighted by Gasteiger charge is -2.20. The van der Waals surface area contributed by atoms with Crippen LogP contribution in [0.4, 0.5) is 4.79 Å². The van der Waals surface area contributed by atoms with Crippen LogP contribution in [0.25, 0.3) is 0 Å². The van der Waals surface area contributed by atoms with Crippen LogP contribution < -0.4 is 15.4 Å². The first-order valence-corrected chi connectivity index (χ1v) is 9.11. The quantitative estimate of drug-likeness (QED) is 0.709. The molecular formula is C19H29N3O3. The van der Waals surface area contributed by atoms with Crippen LogP contribution in [-0.4, -0.2) is 50.1 Å². The summed E-state index contributed by atoms with van der Waals surface area (Å²) >= 11 is 0. The van der Waals surface area contributed by atoms with Gasteiger partial charge in [0.2, 0.25) is 5.91 Å². The first kappa shape index (κ1) is 19.1. The molecule has 6 nitrogen and oxygen atoms in total. The summed E-state index contributed by atoms with van der Waals surface area (Å²) in [5.41, 5.74) is 1.15. The van der Waals surface area contributed by atoms with E-state index in [4.69, 9.17) is 4.74 Å². The van der Waals surface area contributed by atoms with Crippen molar-refractivity contribution in [2.75, 3.05) is 33.3 Å². The van der Waals surface area contributed by atoms with E-state index in [0.29, 0.717) is 19.5 Å². The Morgan fingerprint density at radius 2 is 1.88 bits per heavy atom. The van der Waals surface area contributed by atoms with Crippen molar-refractivity contribution in [1.82, 2.24) is 15.5 Å². The smallest absolute Gasteiger partial charge is 0.314 e. The van der Waals surface area contributed by atoms with Crippen LogP contribution in [0, 0.1) is 0 Å². The standard InChI is InChI=1S/C19H29N3O3/c1-25-17-9-7-16(8-10-17)11-13-21-19(24)20-12-5-15-22-14-4-2-3-6-18(22)23/h7-10H,2-6,11-15H2,1H3,(H2,20,21,24). The molecule has 25 heavy (non-hydrogen) atoms. The zero-order chi connectivity index (χ0) is 17.9. The summed E-state index contributed by atoms with van der Waals surface area (Å²) in [6.07, 6.45) is 5.46. The highest BCUT2D eigenvalue weighted by atomic mass is 16.5. The molecule has 3 amide bonds. The molecule has 0 bridgehead atoms. The molecule has 1 heterocycles. The maximum Gasteiger partial charge on any atom is 0.314 e. The molecule has 2 N–H and O–H groups in total. The zero-order valence-corrected chi connectivity index (χ0v) is 15.1. The summed E-state index contributed by atoms with van der Waals surface area (Å²) in [5, 5.41) is 5.70. The number of nitrogens with one attached hydrogen (secondary N) is 2. The summed E-state index contributed by atoms with van der Waals surface area (Å²) in [6, 6.07) is 7.67. The van der Waals surface area contributed by atoms with E-state index in [0.717, 1.165) is 56.5 Å². The van der Waals surface area contributed by atoms with E-state index >= 15 is 0 Å². The number of carbonyl (C=O) groups excluding carboxylic acids is 2. The largest absolute Gasteiger partial charge is 0.497 e. The number of hydrogen-bond acceptors (Lipinski definition) is 3. The van der Waals surface area contributed by atoms with Crippen LogP contribution in [0.2, 0.25) is 0 Å². The number of urea groups is 1. The first-order valence-electron chi connectivity index (χ1n) is 9.11. The Hall–Kier alpha value is -2.24. The summed E-state index contributed by atoms with van der Waals surface area (Å²) in [4.78, 5) is 25.6. The summed E-state index contributed by atoms with van der Waals surface area (Å²) in [6.45, 7) is 2.75. The molecule has 1 aliphatic heterocycles. The van der Waals surface area contributed by atoms with E-state index in [2.05, 4.69) is 10.6 Å². The van der Waals surface area contributed by atoms with Crippen LogP contribution in [0.15, 0.2) is 24.3 Å². The van der Waals surface area contributed by atoms with Gasteiger partial charge in [-0.25, -0.2) is 4.79 Å². The van der Waals surface area contributed by atoms with Gasteiger partial charge in [-0.05, 0) is 43.4 Å². The molecule has 0 aliphatic carbocycles. The predicted octanol–water partition coefficient (Wildman–Crippen LogP) is 2.33. The van der Waals surface area contributed by atoms with Crippen LogP contribution in [0.3, 0.4) is 0 Å². The molecule has 0 aromatic heterocycles. The molecule has 1 aromatic rings. The Morgan fingerprint density at radius 1 is 1.12 bits per heavy atom. The lowest BCUT2D eigenvalue weighted by Crippen LogP contribution is -2.39. The monoisotopic (exact) mass is 347 g/mol. The van der Waals surface area contributed by atoms with Crippen LogP contribution >= 0.6 is 0 Å². The molecule has 0 unspecified atom stereocenters. The topological polar surface area (TPSA) is 70.7 Å². The molecule has 1 fully saturated rings. The van der Waals surface area contributed by atoms with Gasteiger partial charge in [-0.3, -0.25) is 4.79 Å². The number of methoxy groups -OCH3 is 1. The minimum absolute atomic E-state index is 0.157. The van der Waals surface area contributed by atoms with Gasteiger partial charge < -0.3 is 20.3 Å². The zero-order valence-electron chi connectivity index (χ0n) is 15.1. The number of ether oxygens (including phenoxy) is 1. The van der Waals surface area contributed by atoms with Gasteiger partial charge in [-0.15, -0.1) is 0 Å². The second-order valence-electron chi connectivity index (χ2n) is 6.33. The number of likely N-dealkylation sites (tertiary alicyclic amines) is 1. The predicted molar refractivity (Wildman–Crippen MR) is 97.8 cm³/mol. The second kappa shape index (κ2) is 10.6. The third-order valence-corrected chi connectivity index (χ3v) is 4.42. The molecule has 1 aromatic carbocycles. The van der Waals surface area contributed by atoms with Gasteiger partial charge in [0.1, 0.15) is 5.75 Å². The molecular weight excluding hydrogens is 318 g/mol. The first-order chi connectivity index (χ1) is 12.2. The van der Waals surface area contributed by atoms with Crippen LogP contribution in [0.5, 0.6) is 5.75 Å². The molecule has 0 spiro atoms. The number of hydrogen-bond donors (Lipinski definition) is 2. The van der Waals surface area contributed by atoms with E-state index < -0.39 is 0 Å². The molecule has 2 rings (SSSR count). The SMILES string of the molecule is COc1ccc(CCNC(=O)NCCCN2CCCCCC2=O)cc1. The highest BCUT2D eigenvalue weighted by Gasteiger charge is 2.15. The average Bonchev–Trinajstić information content (AvgIpc) is 2.83. The van der Waals surface area contributed by atoms with E-state index in [1.54, 1.807) is 7.11 Å². The van der Waals surface area contributed by atoms with E-state index in [9.17, 15) is 9.59 Å². The third-order valence-electron chi connectivity index (χ3n) is 4.42. The van der Waals surface area contributed by atoms with Crippen molar-refractivity contribution in [2.45, 2.75) is 38.5 Å². The lowest BCUT2D eigenvalue weighted by molar-refractivity contribution is -0.130. The summed E-state index contributed by atoms with van der Waals surface area (Å²) < 4.78 is 5.12. The van der Waals surface area contributed by atoms with Gasteiger partial charge in [0, 0.05) is 32.6 Å². The van der Waals surface area contributed by atoms with Crippen molar-refractivity contribution in [2.24, 2.45) is 0 Å². The number of rotatable bonds is 8. The van der Waals surface area contributed by atoms with Gasteiger partial charge in [0.25, 0.3) is 0 Å². The van der Waals surface area contributed by atoms with Crippen molar-refractivity contribution in [3.05, 3.63) is 29.8 Å². The van der Waals surface area contributed by atoms with Crippen molar-refractivity contribution in [3.63, 3.8) is 0 Å². The highest BCUT2D eigenvalue weighted by Crippen LogP contribution is 2.12. The molecule has 0 radical (unpaired) electrons. The maximum absolute atomic E-state index is 11.9. The van der Waals surface area contributed by atoms with Gasteiger partial charge in [0.15, 0.2) is 0 Å². The average molecular weight is 347 g/mol. The van der Waals surface area contributed by atoms with Crippen molar-refractivity contribution in [1.29, 1.82) is 0 Å². The van der Waals surface area contributed by atoms with Gasteiger partial charge >= 0.3 is 6.03 Å². The van der Waals surface area contributed by atoms with E-state index in [1.165, 1.54) is 0 Å². The van der Waals surface area contributed by atoms with E-state index in [-0.39, 0.29) is 11.9 Å². The fourth-order valence-corrected chi connectivity index (χ4v) is 2.92. The molecule has 1 saturated heterocycles. The Labute approximate surface area is 149 Å². The van der Waals surface area contributed by atoms with Crippen molar-refractivity contribution < 1.29 is 14.3 Å². The van der Waals surface area contributed by atoms with Crippen molar-refractivity contribution in [3.8, 4) is 5.75 Å². The lowest BCUT2D eigenvalue weighted by atomic mass is 10.1. The molecule has 6 heteroatoms. The summed E-state index contributed by atoms with van der Waals surface area (Å²) in [7, 11) is 1.64. The van der Waals surface area contributed by atoms with Gasteiger partial charge in [0.05, 0.1) is 7.11 Å². The Balaban J connectivity index is 1.55. The van der Waals surface area contributed by atoms with Crippen LogP contribution in [-0.2, 0) is 11.2 Å².